The molecule has 0 spiro atoms. The number of methoxy groups -OCH3 is 1. The van der Waals surface area contributed by atoms with Gasteiger partial charge in [0.1, 0.15) is 6.04 Å². The van der Waals surface area contributed by atoms with Crippen molar-refractivity contribution in [2.45, 2.75) is 39.2 Å². The van der Waals surface area contributed by atoms with Gasteiger partial charge in [0, 0.05) is 25.8 Å². The van der Waals surface area contributed by atoms with Crippen LogP contribution in [-0.2, 0) is 9.53 Å². The Morgan fingerprint density at radius 3 is 2.71 bits per heavy atom. The van der Waals surface area contributed by atoms with Gasteiger partial charge in [0.25, 0.3) is 11.6 Å². The van der Waals surface area contributed by atoms with E-state index in [0.29, 0.717) is 22.3 Å². The van der Waals surface area contributed by atoms with E-state index in [2.05, 4.69) is 15.5 Å². The third-order valence-corrected chi connectivity index (χ3v) is 3.69. The molecule has 1 unspecified atom stereocenters. The number of hydrogen-bond acceptors (Lipinski definition) is 6. The van der Waals surface area contributed by atoms with Crippen molar-refractivity contribution in [1.82, 2.24) is 15.5 Å². The van der Waals surface area contributed by atoms with Gasteiger partial charge in [0.2, 0.25) is 0 Å². The van der Waals surface area contributed by atoms with Gasteiger partial charge >= 0.3 is 5.97 Å². The van der Waals surface area contributed by atoms with Crippen LogP contribution in [0.3, 0.4) is 0 Å². The van der Waals surface area contributed by atoms with Crippen molar-refractivity contribution >= 4 is 23.0 Å². The number of aryl methyl sites for hydroxylation is 1. The Hall–Kier alpha value is -2.48. The Bertz CT molecular complexity index is 753. The zero-order chi connectivity index (χ0) is 17.9. The van der Waals surface area contributed by atoms with Crippen LogP contribution in [0.5, 0.6) is 0 Å². The van der Waals surface area contributed by atoms with Crippen LogP contribution in [0, 0.1) is 6.92 Å². The molecule has 2 N–H and O–H groups in total. The summed E-state index contributed by atoms with van der Waals surface area (Å²) in [4.78, 5) is 28.3. The van der Waals surface area contributed by atoms with Crippen molar-refractivity contribution in [2.24, 2.45) is 0 Å². The zero-order valence-corrected chi connectivity index (χ0v) is 14.1. The van der Waals surface area contributed by atoms with Gasteiger partial charge in [-0.1, -0.05) is 19.0 Å². The van der Waals surface area contributed by atoms with E-state index >= 15 is 0 Å². The number of nitrogens with zero attached hydrogens (tertiary/aromatic N) is 2. The van der Waals surface area contributed by atoms with E-state index in [9.17, 15) is 14.7 Å². The number of aromatic nitrogens is 2. The second-order valence-corrected chi connectivity index (χ2v) is 5.84. The molecule has 0 bridgehead atoms. The molecule has 2 rings (SSSR count). The van der Waals surface area contributed by atoms with Crippen molar-refractivity contribution in [3.8, 4) is 0 Å². The number of nitrogens with one attached hydrogen (secondary N) is 1. The van der Waals surface area contributed by atoms with Gasteiger partial charge < -0.3 is 19.7 Å². The van der Waals surface area contributed by atoms with E-state index < -0.39 is 17.9 Å². The van der Waals surface area contributed by atoms with Crippen LogP contribution < -0.4 is 5.32 Å². The fraction of sp³-hybridized carbons (Fsp3) is 0.500. The average Bonchev–Trinajstić information content (AvgIpc) is 2.91. The largest absolute Gasteiger partial charge is 0.480 e. The van der Waals surface area contributed by atoms with E-state index in [-0.39, 0.29) is 24.7 Å². The number of carboxylic acids is 1. The predicted octanol–water partition coefficient (Wildman–Crippen LogP) is 1.87. The lowest BCUT2D eigenvalue weighted by molar-refractivity contribution is -0.139. The number of carbonyl (C=O) groups is 2. The molecule has 8 nitrogen and oxygen atoms in total. The molecule has 0 aromatic carbocycles. The lowest BCUT2D eigenvalue weighted by Gasteiger charge is -2.15. The molecule has 2 aromatic heterocycles. The quantitative estimate of drug-likeness (QED) is 0.793. The van der Waals surface area contributed by atoms with E-state index in [0.717, 1.165) is 0 Å². The summed E-state index contributed by atoms with van der Waals surface area (Å²) in [6.45, 7) is 5.82. The van der Waals surface area contributed by atoms with Crippen molar-refractivity contribution in [3.05, 3.63) is 23.0 Å². The van der Waals surface area contributed by atoms with Crippen LogP contribution >= 0.6 is 0 Å². The maximum atomic E-state index is 12.6. The summed E-state index contributed by atoms with van der Waals surface area (Å²) in [5, 5.41) is 16.1. The number of carboxylic acid groups (broad SMARTS) is 1. The predicted molar refractivity (Wildman–Crippen MR) is 86.0 cm³/mol. The summed E-state index contributed by atoms with van der Waals surface area (Å²) < 4.78 is 10.1. The minimum atomic E-state index is -1.11. The maximum Gasteiger partial charge on any atom is 0.326 e. The van der Waals surface area contributed by atoms with Crippen molar-refractivity contribution in [2.75, 3.05) is 13.7 Å². The number of pyridine rings is 1. The Labute approximate surface area is 139 Å². The molecular formula is C16H21N3O5. The van der Waals surface area contributed by atoms with Gasteiger partial charge in [-0.25, -0.2) is 9.78 Å². The molecule has 0 fully saturated rings. The van der Waals surface area contributed by atoms with Crippen LogP contribution in [0.25, 0.3) is 11.1 Å². The fourth-order valence-electron chi connectivity index (χ4n) is 2.32. The highest BCUT2D eigenvalue weighted by molar-refractivity contribution is 6.07. The lowest BCUT2D eigenvalue weighted by Crippen LogP contribution is -2.41. The summed E-state index contributed by atoms with van der Waals surface area (Å²) in [7, 11) is 1.47. The number of aliphatic carboxylic acids is 1. The summed E-state index contributed by atoms with van der Waals surface area (Å²) in [6.07, 6.45) is 0.172. The molecule has 1 amide bonds. The fourth-order valence-corrected chi connectivity index (χ4v) is 2.32. The van der Waals surface area contributed by atoms with E-state index in [1.807, 2.05) is 13.8 Å². The van der Waals surface area contributed by atoms with Crippen LogP contribution in [0.2, 0.25) is 0 Å². The molecule has 0 saturated carbocycles. The standard InChI is InChI=1S/C16H21N3O5/c1-8(2)12-7-10(13-9(3)19-24-15(13)18-12)14(20)17-11(16(21)22)5-6-23-4/h7-8,11H,5-6H2,1-4H3,(H,17,20)(H,21,22). The lowest BCUT2D eigenvalue weighted by atomic mass is 10.0. The summed E-state index contributed by atoms with van der Waals surface area (Å²) in [5.74, 6) is -1.54. The molecule has 1 atom stereocenters. The second-order valence-electron chi connectivity index (χ2n) is 5.84. The first-order valence-corrected chi connectivity index (χ1v) is 7.64. The van der Waals surface area contributed by atoms with Gasteiger partial charge in [-0.05, 0) is 18.9 Å². The van der Waals surface area contributed by atoms with E-state index in [1.165, 1.54) is 7.11 Å². The Kier molecular flexibility index (Phi) is 5.50. The summed E-state index contributed by atoms with van der Waals surface area (Å²) in [5.41, 5.74) is 1.79. The Morgan fingerprint density at radius 1 is 1.42 bits per heavy atom. The number of fused-ring (bicyclic) bond motifs is 1. The average molecular weight is 335 g/mol. The van der Waals surface area contributed by atoms with Gasteiger partial charge in [0.15, 0.2) is 0 Å². The topological polar surface area (TPSA) is 115 Å². The Balaban J connectivity index is 2.40. The number of rotatable bonds is 7. The smallest absolute Gasteiger partial charge is 0.326 e. The Morgan fingerprint density at radius 2 is 2.12 bits per heavy atom. The molecular weight excluding hydrogens is 314 g/mol. The number of hydrogen-bond donors (Lipinski definition) is 2. The van der Waals surface area contributed by atoms with Gasteiger partial charge in [-0.15, -0.1) is 0 Å². The molecule has 2 heterocycles. The van der Waals surface area contributed by atoms with Crippen molar-refractivity contribution in [3.63, 3.8) is 0 Å². The monoisotopic (exact) mass is 335 g/mol. The molecule has 8 heteroatoms. The third kappa shape index (κ3) is 3.70. The summed E-state index contributed by atoms with van der Waals surface area (Å²) in [6, 6.07) is 0.616. The normalized spacial score (nSPS) is 12.5. The third-order valence-electron chi connectivity index (χ3n) is 3.69. The van der Waals surface area contributed by atoms with Gasteiger partial charge in [-0.3, -0.25) is 4.79 Å². The van der Waals surface area contributed by atoms with Crippen LogP contribution in [0.1, 0.15) is 47.9 Å². The van der Waals surface area contributed by atoms with Gasteiger partial charge in [0.05, 0.1) is 16.6 Å². The molecule has 0 saturated heterocycles. The van der Waals surface area contributed by atoms with Crippen LogP contribution in [0.4, 0.5) is 0 Å². The number of amides is 1. The molecule has 0 radical (unpaired) electrons. The molecule has 2 aromatic rings. The number of ether oxygens (including phenoxy) is 1. The molecule has 0 aliphatic carbocycles. The minimum absolute atomic E-state index is 0.0788. The molecule has 24 heavy (non-hydrogen) atoms. The molecule has 0 aliphatic rings. The summed E-state index contributed by atoms with van der Waals surface area (Å²) >= 11 is 0. The molecule has 0 aliphatic heterocycles. The van der Waals surface area contributed by atoms with Gasteiger partial charge in [-0.2, -0.15) is 0 Å². The minimum Gasteiger partial charge on any atom is -0.480 e. The second kappa shape index (κ2) is 7.39. The van der Waals surface area contributed by atoms with E-state index in [1.54, 1.807) is 13.0 Å². The molecule has 130 valence electrons. The highest BCUT2D eigenvalue weighted by Gasteiger charge is 2.24. The SMILES string of the molecule is COCCC(NC(=O)c1cc(C(C)C)nc2onc(C)c12)C(=O)O. The maximum absolute atomic E-state index is 12.6. The zero-order valence-electron chi connectivity index (χ0n) is 14.1. The first-order chi connectivity index (χ1) is 11.3. The van der Waals surface area contributed by atoms with Crippen molar-refractivity contribution < 1.29 is 24.0 Å². The highest BCUT2D eigenvalue weighted by Crippen LogP contribution is 2.25. The number of carbonyl (C=O) groups excluding carboxylic acids is 1. The van der Waals surface area contributed by atoms with Crippen LogP contribution in [0.15, 0.2) is 10.6 Å². The van der Waals surface area contributed by atoms with Crippen molar-refractivity contribution in [1.29, 1.82) is 0 Å². The van der Waals surface area contributed by atoms with Crippen LogP contribution in [-0.4, -0.2) is 46.9 Å². The first-order valence-electron chi connectivity index (χ1n) is 7.64. The highest BCUT2D eigenvalue weighted by atomic mass is 16.5. The first kappa shape index (κ1) is 17.9. The van der Waals surface area contributed by atoms with E-state index in [4.69, 9.17) is 9.26 Å².